The average Bonchev–Trinajstić information content (AvgIpc) is 3.28. The number of ether oxygens (including phenoxy) is 2. The van der Waals surface area contributed by atoms with Crippen molar-refractivity contribution >= 4 is 5.82 Å². The van der Waals surface area contributed by atoms with E-state index < -0.39 is 6.10 Å². The molecule has 1 saturated heterocycles. The van der Waals surface area contributed by atoms with Crippen LogP contribution in [0.1, 0.15) is 0 Å². The molecule has 0 radical (unpaired) electrons. The van der Waals surface area contributed by atoms with Crippen LogP contribution in [0.4, 0.5) is 5.82 Å². The molecule has 3 aromatic rings. The Kier molecular flexibility index (Phi) is 6.04. The van der Waals surface area contributed by atoms with Crippen molar-refractivity contribution in [3.8, 4) is 23.0 Å². The number of hydrogen-bond donors (Lipinski definition) is 2. The fraction of sp³-hybridized carbons (Fsp3) is 0.333. The molecule has 4 rings (SSSR count). The Morgan fingerprint density at radius 1 is 1.10 bits per heavy atom. The topological polar surface area (TPSA) is 92.9 Å². The molecule has 0 aliphatic carbocycles. The average molecular weight is 396 g/mol. The summed E-state index contributed by atoms with van der Waals surface area (Å²) in [7, 11) is 0. The van der Waals surface area contributed by atoms with Gasteiger partial charge in [-0.25, -0.2) is 9.97 Å². The summed E-state index contributed by atoms with van der Waals surface area (Å²) < 4.78 is 12.9. The van der Waals surface area contributed by atoms with Gasteiger partial charge < -0.3 is 24.6 Å². The molecule has 0 amide bonds. The number of aliphatic hydroxyl groups excluding tert-OH is 2. The summed E-state index contributed by atoms with van der Waals surface area (Å²) in [5.41, 5.74) is 0.865. The zero-order chi connectivity index (χ0) is 20.1. The Balaban J connectivity index is 1.59. The van der Waals surface area contributed by atoms with E-state index in [0.29, 0.717) is 19.0 Å². The normalized spacial score (nSPS) is 15.3. The second-order valence-electron chi connectivity index (χ2n) is 6.75. The highest BCUT2D eigenvalue weighted by Crippen LogP contribution is 2.25. The van der Waals surface area contributed by atoms with E-state index in [4.69, 9.17) is 19.6 Å². The number of aromatic nitrogens is 3. The third-order valence-corrected chi connectivity index (χ3v) is 4.69. The molecule has 3 heterocycles. The van der Waals surface area contributed by atoms with E-state index in [1.165, 1.54) is 0 Å². The molecule has 2 aromatic heterocycles. The largest absolute Gasteiger partial charge is 0.491 e. The van der Waals surface area contributed by atoms with Crippen molar-refractivity contribution in [1.82, 2.24) is 14.5 Å². The van der Waals surface area contributed by atoms with Crippen LogP contribution in [0.2, 0.25) is 0 Å². The Morgan fingerprint density at radius 3 is 2.72 bits per heavy atom. The number of rotatable bonds is 7. The summed E-state index contributed by atoms with van der Waals surface area (Å²) in [4.78, 5) is 11.5. The number of hydrogen-bond acceptors (Lipinski definition) is 7. The minimum absolute atomic E-state index is 0.0253. The number of pyridine rings is 1. The van der Waals surface area contributed by atoms with Gasteiger partial charge in [0.25, 0.3) is 0 Å². The van der Waals surface area contributed by atoms with Gasteiger partial charge in [0, 0.05) is 31.0 Å². The summed E-state index contributed by atoms with van der Waals surface area (Å²) >= 11 is 0. The van der Waals surface area contributed by atoms with Gasteiger partial charge in [-0.2, -0.15) is 0 Å². The summed E-state index contributed by atoms with van der Waals surface area (Å²) in [6, 6.07) is 13.4. The van der Waals surface area contributed by atoms with Crippen LogP contribution in [0.15, 0.2) is 54.9 Å². The standard InChI is InChI=1S/C21H24N4O4/c26-14-17(27)15-29-18-4-1-3-16(13-18)21-22-7-8-25(21)20-6-2-5-19(23-20)24-9-11-28-12-10-24/h1-8,13,17,26-27H,9-12,14-15H2. The highest BCUT2D eigenvalue weighted by atomic mass is 16.5. The van der Waals surface area contributed by atoms with Crippen LogP contribution in [-0.2, 0) is 4.74 Å². The van der Waals surface area contributed by atoms with Crippen molar-refractivity contribution in [2.24, 2.45) is 0 Å². The molecule has 8 heteroatoms. The highest BCUT2D eigenvalue weighted by Gasteiger charge is 2.15. The maximum Gasteiger partial charge on any atom is 0.145 e. The minimum Gasteiger partial charge on any atom is -0.491 e. The summed E-state index contributed by atoms with van der Waals surface area (Å²) in [5.74, 6) is 3.04. The van der Waals surface area contributed by atoms with Crippen LogP contribution >= 0.6 is 0 Å². The van der Waals surface area contributed by atoms with Gasteiger partial charge in [0.05, 0.1) is 19.8 Å². The van der Waals surface area contributed by atoms with Crippen molar-refractivity contribution in [2.75, 3.05) is 44.4 Å². The smallest absolute Gasteiger partial charge is 0.145 e. The maximum absolute atomic E-state index is 9.49. The maximum atomic E-state index is 9.49. The first-order valence-electron chi connectivity index (χ1n) is 9.60. The predicted molar refractivity (Wildman–Crippen MR) is 108 cm³/mol. The van der Waals surface area contributed by atoms with E-state index in [1.54, 1.807) is 12.3 Å². The van der Waals surface area contributed by atoms with E-state index in [1.807, 2.05) is 47.2 Å². The fourth-order valence-corrected chi connectivity index (χ4v) is 3.19. The summed E-state index contributed by atoms with van der Waals surface area (Å²) in [6.45, 7) is 2.76. The van der Waals surface area contributed by atoms with Gasteiger partial charge in [-0.3, -0.25) is 4.57 Å². The first-order chi connectivity index (χ1) is 14.2. The van der Waals surface area contributed by atoms with Gasteiger partial charge in [-0.1, -0.05) is 18.2 Å². The Labute approximate surface area is 169 Å². The molecule has 0 bridgehead atoms. The molecule has 0 saturated carbocycles. The Bertz CT molecular complexity index is 940. The lowest BCUT2D eigenvalue weighted by atomic mass is 10.2. The third kappa shape index (κ3) is 4.56. The van der Waals surface area contributed by atoms with Crippen LogP contribution in [0.25, 0.3) is 17.2 Å². The van der Waals surface area contributed by atoms with Crippen molar-refractivity contribution in [2.45, 2.75) is 6.10 Å². The molecule has 2 N–H and O–H groups in total. The number of imidazole rings is 1. The van der Waals surface area contributed by atoms with E-state index in [2.05, 4.69) is 9.88 Å². The molecule has 8 nitrogen and oxygen atoms in total. The molecule has 29 heavy (non-hydrogen) atoms. The number of anilines is 1. The van der Waals surface area contributed by atoms with E-state index >= 15 is 0 Å². The van der Waals surface area contributed by atoms with Crippen LogP contribution < -0.4 is 9.64 Å². The predicted octanol–water partition coefficient (Wildman–Crippen LogP) is 1.50. The molecule has 1 aromatic carbocycles. The molecule has 1 aliphatic heterocycles. The van der Waals surface area contributed by atoms with E-state index in [0.717, 1.165) is 36.1 Å². The zero-order valence-corrected chi connectivity index (χ0v) is 16.0. The van der Waals surface area contributed by atoms with Crippen molar-refractivity contribution in [3.63, 3.8) is 0 Å². The SMILES string of the molecule is OCC(O)COc1cccc(-c2nccn2-c2cccc(N3CCOCC3)n2)c1. The number of benzene rings is 1. The molecule has 152 valence electrons. The molecular weight excluding hydrogens is 372 g/mol. The lowest BCUT2D eigenvalue weighted by molar-refractivity contribution is 0.0536. The van der Waals surface area contributed by atoms with Gasteiger partial charge in [-0.05, 0) is 24.3 Å². The first kappa shape index (κ1) is 19.4. The molecule has 1 unspecified atom stereocenters. The zero-order valence-electron chi connectivity index (χ0n) is 16.0. The van der Waals surface area contributed by atoms with Gasteiger partial charge >= 0.3 is 0 Å². The Hall–Kier alpha value is -2.94. The third-order valence-electron chi connectivity index (χ3n) is 4.69. The van der Waals surface area contributed by atoms with E-state index in [-0.39, 0.29) is 13.2 Å². The molecule has 1 atom stereocenters. The van der Waals surface area contributed by atoms with Crippen LogP contribution in [0.5, 0.6) is 5.75 Å². The monoisotopic (exact) mass is 396 g/mol. The molecular formula is C21H24N4O4. The van der Waals surface area contributed by atoms with Gasteiger partial charge in [0.1, 0.15) is 35.9 Å². The highest BCUT2D eigenvalue weighted by molar-refractivity contribution is 5.60. The van der Waals surface area contributed by atoms with Gasteiger partial charge in [0.2, 0.25) is 0 Å². The Morgan fingerprint density at radius 2 is 1.90 bits per heavy atom. The molecule has 1 fully saturated rings. The second-order valence-corrected chi connectivity index (χ2v) is 6.75. The fourth-order valence-electron chi connectivity index (χ4n) is 3.19. The lowest BCUT2D eigenvalue weighted by Crippen LogP contribution is -2.36. The van der Waals surface area contributed by atoms with Crippen LogP contribution in [-0.4, -0.2) is 70.4 Å². The quantitative estimate of drug-likeness (QED) is 0.625. The van der Waals surface area contributed by atoms with Crippen molar-refractivity contribution in [1.29, 1.82) is 0 Å². The van der Waals surface area contributed by atoms with Crippen molar-refractivity contribution in [3.05, 3.63) is 54.9 Å². The summed E-state index contributed by atoms with van der Waals surface area (Å²) in [6.07, 6.45) is 2.71. The van der Waals surface area contributed by atoms with Crippen LogP contribution in [0.3, 0.4) is 0 Å². The number of aliphatic hydroxyl groups is 2. The van der Waals surface area contributed by atoms with Crippen LogP contribution in [0, 0.1) is 0 Å². The van der Waals surface area contributed by atoms with E-state index in [9.17, 15) is 5.11 Å². The molecule has 1 aliphatic rings. The lowest BCUT2D eigenvalue weighted by Gasteiger charge is -2.28. The van der Waals surface area contributed by atoms with Gasteiger partial charge in [-0.15, -0.1) is 0 Å². The minimum atomic E-state index is -0.909. The summed E-state index contributed by atoms with van der Waals surface area (Å²) in [5, 5.41) is 18.4. The second kappa shape index (κ2) is 9.04. The number of nitrogens with zero attached hydrogens (tertiary/aromatic N) is 4. The van der Waals surface area contributed by atoms with Gasteiger partial charge in [0.15, 0.2) is 0 Å². The first-order valence-corrected chi connectivity index (χ1v) is 9.60. The molecule has 0 spiro atoms. The van der Waals surface area contributed by atoms with Crippen molar-refractivity contribution < 1.29 is 19.7 Å². The number of morpholine rings is 1.